The van der Waals surface area contributed by atoms with Gasteiger partial charge in [0.15, 0.2) is 0 Å². The lowest BCUT2D eigenvalue weighted by molar-refractivity contribution is -0.146. The zero-order chi connectivity index (χ0) is 17.3. The summed E-state index contributed by atoms with van der Waals surface area (Å²) in [5.41, 5.74) is 0.343. The Hall–Kier alpha value is -2.04. The topological polar surface area (TPSA) is 66.8 Å². The van der Waals surface area contributed by atoms with Crippen molar-refractivity contribution in [2.75, 3.05) is 13.1 Å². The van der Waals surface area contributed by atoms with Crippen LogP contribution in [-0.4, -0.2) is 40.8 Å². The van der Waals surface area contributed by atoms with Gasteiger partial charge in [-0.3, -0.25) is 4.79 Å². The number of aliphatic carboxylic acids is 1. The number of rotatable bonds is 2. The molecule has 0 unspecified atom stereocenters. The first-order valence-corrected chi connectivity index (χ1v) is 7.93. The number of amides is 1. The lowest BCUT2D eigenvalue weighted by Crippen LogP contribution is -2.50. The van der Waals surface area contributed by atoms with Crippen molar-refractivity contribution in [3.8, 4) is 0 Å². The fourth-order valence-electron chi connectivity index (χ4n) is 3.11. The predicted molar refractivity (Wildman–Crippen MR) is 87.5 cm³/mol. The van der Waals surface area contributed by atoms with E-state index in [4.69, 9.17) is 4.74 Å². The summed E-state index contributed by atoms with van der Waals surface area (Å²) in [6.07, 6.45) is 0.417. The quantitative estimate of drug-likeness (QED) is 0.908. The van der Waals surface area contributed by atoms with Gasteiger partial charge in [-0.1, -0.05) is 24.3 Å². The Morgan fingerprint density at radius 1 is 1.17 bits per heavy atom. The van der Waals surface area contributed by atoms with Crippen molar-refractivity contribution >= 4 is 12.1 Å². The summed E-state index contributed by atoms with van der Waals surface area (Å²) in [5, 5.41) is 9.84. The van der Waals surface area contributed by atoms with E-state index in [1.807, 2.05) is 52.0 Å². The van der Waals surface area contributed by atoms with E-state index in [0.717, 1.165) is 11.1 Å². The van der Waals surface area contributed by atoms with E-state index >= 15 is 0 Å². The van der Waals surface area contributed by atoms with Gasteiger partial charge in [0.05, 0.1) is 5.41 Å². The van der Waals surface area contributed by atoms with E-state index in [0.29, 0.717) is 25.9 Å². The third-order valence-corrected chi connectivity index (χ3v) is 4.34. The molecule has 1 saturated heterocycles. The summed E-state index contributed by atoms with van der Waals surface area (Å²) in [5.74, 6) is -0.823. The maximum atomic E-state index is 12.2. The number of benzene rings is 1. The first-order chi connectivity index (χ1) is 10.7. The fraction of sp³-hybridized carbons (Fsp3) is 0.556. The molecule has 1 aromatic carbocycles. The number of hydrogen-bond acceptors (Lipinski definition) is 3. The molecule has 5 heteroatoms. The Bertz CT molecular complexity index is 595. The molecule has 1 N–H and O–H groups in total. The van der Waals surface area contributed by atoms with Crippen LogP contribution in [-0.2, 0) is 14.9 Å². The molecule has 0 saturated carbocycles. The number of carbonyl (C=O) groups is 2. The molecule has 1 heterocycles. The molecule has 0 aliphatic carbocycles. The largest absolute Gasteiger partial charge is 0.481 e. The summed E-state index contributed by atoms with van der Waals surface area (Å²) in [6, 6.07) is 7.59. The van der Waals surface area contributed by atoms with E-state index in [1.165, 1.54) is 0 Å². The highest BCUT2D eigenvalue weighted by Gasteiger charge is 2.45. The highest BCUT2D eigenvalue weighted by atomic mass is 16.6. The van der Waals surface area contributed by atoms with Gasteiger partial charge in [0.2, 0.25) is 0 Å². The van der Waals surface area contributed by atoms with Gasteiger partial charge in [-0.15, -0.1) is 0 Å². The Morgan fingerprint density at radius 3 is 2.22 bits per heavy atom. The molecule has 2 rings (SSSR count). The number of hydrogen-bond donors (Lipinski definition) is 1. The molecule has 0 spiro atoms. The summed E-state index contributed by atoms with van der Waals surface area (Å²) in [4.78, 5) is 25.8. The van der Waals surface area contributed by atoms with Gasteiger partial charge in [0, 0.05) is 13.1 Å². The molecule has 1 aliphatic heterocycles. The van der Waals surface area contributed by atoms with E-state index in [9.17, 15) is 14.7 Å². The van der Waals surface area contributed by atoms with Crippen LogP contribution < -0.4 is 0 Å². The van der Waals surface area contributed by atoms with Crippen molar-refractivity contribution in [1.82, 2.24) is 4.90 Å². The Kier molecular flexibility index (Phi) is 4.68. The van der Waals surface area contributed by atoms with Gasteiger partial charge in [0.1, 0.15) is 5.60 Å². The Balaban J connectivity index is 2.18. The van der Waals surface area contributed by atoms with Crippen molar-refractivity contribution in [2.45, 2.75) is 51.6 Å². The van der Waals surface area contributed by atoms with Crippen LogP contribution in [0.1, 0.15) is 44.7 Å². The molecular weight excluding hydrogens is 294 g/mol. The van der Waals surface area contributed by atoms with Gasteiger partial charge in [-0.25, -0.2) is 4.79 Å². The SMILES string of the molecule is Cc1ccccc1C1(C(=O)O)CCN(C(=O)OC(C)(C)C)CC1. The van der Waals surface area contributed by atoms with Gasteiger partial charge in [-0.05, 0) is 51.7 Å². The van der Waals surface area contributed by atoms with Crippen LogP contribution in [0.15, 0.2) is 24.3 Å². The molecule has 1 aliphatic rings. The molecule has 126 valence electrons. The molecule has 0 bridgehead atoms. The second-order valence-electron chi connectivity index (χ2n) is 7.17. The van der Waals surface area contributed by atoms with Crippen LogP contribution in [0.4, 0.5) is 4.79 Å². The first-order valence-electron chi connectivity index (χ1n) is 7.93. The van der Waals surface area contributed by atoms with Crippen LogP contribution in [0.3, 0.4) is 0 Å². The van der Waals surface area contributed by atoms with E-state index in [2.05, 4.69) is 0 Å². The van der Waals surface area contributed by atoms with Crippen LogP contribution in [0.5, 0.6) is 0 Å². The third-order valence-electron chi connectivity index (χ3n) is 4.34. The summed E-state index contributed by atoms with van der Waals surface area (Å²) < 4.78 is 5.37. The van der Waals surface area contributed by atoms with Crippen molar-refractivity contribution in [3.05, 3.63) is 35.4 Å². The number of carboxylic acid groups (broad SMARTS) is 1. The summed E-state index contributed by atoms with van der Waals surface area (Å²) in [6.45, 7) is 8.17. The van der Waals surface area contributed by atoms with Gasteiger partial charge in [-0.2, -0.15) is 0 Å². The normalized spacial score (nSPS) is 17.7. The highest BCUT2D eigenvalue weighted by molar-refractivity contribution is 5.82. The molecule has 0 atom stereocenters. The van der Waals surface area contributed by atoms with Crippen molar-refractivity contribution < 1.29 is 19.4 Å². The predicted octanol–water partition coefficient (Wildman–Crippen LogP) is 3.35. The minimum atomic E-state index is -0.927. The zero-order valence-electron chi connectivity index (χ0n) is 14.3. The first kappa shape index (κ1) is 17.3. The number of ether oxygens (including phenoxy) is 1. The lowest BCUT2D eigenvalue weighted by Gasteiger charge is -2.40. The summed E-state index contributed by atoms with van der Waals surface area (Å²) in [7, 11) is 0. The van der Waals surface area contributed by atoms with E-state index < -0.39 is 17.0 Å². The maximum absolute atomic E-state index is 12.2. The lowest BCUT2D eigenvalue weighted by atomic mass is 9.71. The van der Waals surface area contributed by atoms with Crippen LogP contribution >= 0.6 is 0 Å². The third kappa shape index (κ3) is 3.66. The minimum Gasteiger partial charge on any atom is -0.481 e. The van der Waals surface area contributed by atoms with E-state index in [-0.39, 0.29) is 6.09 Å². The monoisotopic (exact) mass is 319 g/mol. The molecule has 1 fully saturated rings. The zero-order valence-corrected chi connectivity index (χ0v) is 14.3. The van der Waals surface area contributed by atoms with Crippen LogP contribution in [0.25, 0.3) is 0 Å². The average molecular weight is 319 g/mol. The fourth-order valence-corrected chi connectivity index (χ4v) is 3.11. The molecular formula is C18H25NO4. The molecule has 1 aromatic rings. The Labute approximate surface area is 137 Å². The standard InChI is InChI=1S/C18H25NO4/c1-13-7-5-6-8-14(13)18(15(20)21)9-11-19(12-10-18)16(22)23-17(2,3)4/h5-8H,9-12H2,1-4H3,(H,20,21). The molecule has 5 nitrogen and oxygen atoms in total. The van der Waals surface area contributed by atoms with Gasteiger partial charge < -0.3 is 14.7 Å². The maximum Gasteiger partial charge on any atom is 0.410 e. The Morgan fingerprint density at radius 2 is 1.74 bits per heavy atom. The number of carboxylic acids is 1. The number of piperidine rings is 1. The van der Waals surface area contributed by atoms with Crippen molar-refractivity contribution in [3.63, 3.8) is 0 Å². The smallest absolute Gasteiger partial charge is 0.410 e. The molecule has 0 aromatic heterocycles. The van der Waals surface area contributed by atoms with E-state index in [1.54, 1.807) is 4.90 Å². The number of likely N-dealkylation sites (tertiary alicyclic amines) is 1. The molecule has 1 amide bonds. The van der Waals surface area contributed by atoms with Gasteiger partial charge in [0.25, 0.3) is 0 Å². The number of carbonyl (C=O) groups excluding carboxylic acids is 1. The summed E-state index contributed by atoms with van der Waals surface area (Å²) >= 11 is 0. The second kappa shape index (κ2) is 6.22. The van der Waals surface area contributed by atoms with Crippen molar-refractivity contribution in [1.29, 1.82) is 0 Å². The van der Waals surface area contributed by atoms with Crippen molar-refractivity contribution in [2.24, 2.45) is 0 Å². The minimum absolute atomic E-state index is 0.374. The van der Waals surface area contributed by atoms with Gasteiger partial charge >= 0.3 is 12.1 Å². The highest BCUT2D eigenvalue weighted by Crippen LogP contribution is 2.37. The van der Waals surface area contributed by atoms with Crippen LogP contribution in [0.2, 0.25) is 0 Å². The van der Waals surface area contributed by atoms with Crippen LogP contribution in [0, 0.1) is 6.92 Å². The number of aryl methyl sites for hydroxylation is 1. The second-order valence-corrected chi connectivity index (χ2v) is 7.17. The molecule has 0 radical (unpaired) electrons. The molecule has 23 heavy (non-hydrogen) atoms. The number of nitrogens with zero attached hydrogens (tertiary/aromatic N) is 1. The average Bonchev–Trinajstić information content (AvgIpc) is 2.46.